The first-order valence-corrected chi connectivity index (χ1v) is 10.2. The van der Waals surface area contributed by atoms with Crippen LogP contribution in [0.4, 0.5) is 0 Å². The van der Waals surface area contributed by atoms with Gasteiger partial charge in [0.1, 0.15) is 12.2 Å². The van der Waals surface area contributed by atoms with E-state index in [1.54, 1.807) is 6.92 Å². The lowest BCUT2D eigenvalue weighted by molar-refractivity contribution is -0.166. The molecule has 6 atom stereocenters. The summed E-state index contributed by atoms with van der Waals surface area (Å²) in [6, 6.07) is 0. The fourth-order valence-corrected chi connectivity index (χ4v) is 4.14. The maximum absolute atomic E-state index is 12.2. The minimum atomic E-state index is -1.31. The Balaban J connectivity index is 2.37. The lowest BCUT2D eigenvalue weighted by atomic mass is 9.79. The lowest BCUT2D eigenvalue weighted by Gasteiger charge is -2.35. The van der Waals surface area contributed by atoms with Gasteiger partial charge in [0.05, 0.1) is 11.7 Å². The van der Waals surface area contributed by atoms with Gasteiger partial charge in [-0.15, -0.1) is 0 Å². The fourth-order valence-electron chi connectivity index (χ4n) is 4.14. The summed E-state index contributed by atoms with van der Waals surface area (Å²) in [5, 5.41) is 21.5. The molecule has 0 unspecified atom stereocenters. The van der Waals surface area contributed by atoms with Crippen molar-refractivity contribution in [2.45, 2.75) is 90.1 Å². The minimum Gasteiger partial charge on any atom is -0.458 e. The van der Waals surface area contributed by atoms with Gasteiger partial charge in [-0.3, -0.25) is 4.79 Å². The van der Waals surface area contributed by atoms with Crippen molar-refractivity contribution in [3.8, 4) is 0 Å². The maximum Gasteiger partial charge on any atom is 0.334 e. The van der Waals surface area contributed by atoms with Crippen LogP contribution >= 0.6 is 0 Å². The van der Waals surface area contributed by atoms with Gasteiger partial charge < -0.3 is 19.7 Å². The Labute approximate surface area is 167 Å². The number of aliphatic hydroxyl groups excluding tert-OH is 1. The second-order valence-electron chi connectivity index (χ2n) is 8.64. The summed E-state index contributed by atoms with van der Waals surface area (Å²) in [5.74, 6) is -1.51. The highest BCUT2D eigenvalue weighted by molar-refractivity contribution is 5.91. The third kappa shape index (κ3) is 5.45. The van der Waals surface area contributed by atoms with E-state index in [0.29, 0.717) is 12.8 Å². The van der Waals surface area contributed by atoms with Gasteiger partial charge >= 0.3 is 11.9 Å². The van der Waals surface area contributed by atoms with Gasteiger partial charge in [0.15, 0.2) is 0 Å². The van der Waals surface area contributed by atoms with Crippen molar-refractivity contribution >= 4 is 11.9 Å². The van der Waals surface area contributed by atoms with Crippen LogP contribution in [0.25, 0.3) is 0 Å². The monoisotopic (exact) mass is 394 g/mol. The maximum atomic E-state index is 12.2. The number of ether oxygens (including phenoxy) is 2. The van der Waals surface area contributed by atoms with Gasteiger partial charge in [-0.1, -0.05) is 25.2 Å². The average molecular weight is 395 g/mol. The SMILES string of the molecule is C=C1C(=O)O[C@H]2[C@H](OC(C)=O)[C@@H](C)CCC/C(C)=C/CC[C@](C)(O)[C@@H](O)C[C@@H]12. The molecule has 0 amide bonds. The Morgan fingerprint density at radius 2 is 2.11 bits per heavy atom. The van der Waals surface area contributed by atoms with Crippen LogP contribution in [0, 0.1) is 11.8 Å². The van der Waals surface area contributed by atoms with Crippen LogP contribution in [0.5, 0.6) is 0 Å². The third-order valence-electron chi connectivity index (χ3n) is 6.11. The number of carbonyl (C=O) groups is 2. The Hall–Kier alpha value is -1.66. The van der Waals surface area contributed by atoms with Crippen molar-refractivity contribution in [1.82, 2.24) is 0 Å². The molecule has 1 heterocycles. The molecule has 1 saturated heterocycles. The molecule has 0 spiro atoms. The van der Waals surface area contributed by atoms with E-state index >= 15 is 0 Å². The number of carbonyl (C=O) groups excluding carboxylic acids is 2. The first-order chi connectivity index (χ1) is 13.0. The average Bonchev–Trinajstić information content (AvgIpc) is 2.86. The van der Waals surface area contributed by atoms with Crippen molar-refractivity contribution in [3.63, 3.8) is 0 Å². The Bertz CT molecular complexity index is 635. The van der Waals surface area contributed by atoms with E-state index in [1.165, 1.54) is 12.5 Å². The summed E-state index contributed by atoms with van der Waals surface area (Å²) in [6.07, 6.45) is 3.57. The molecule has 2 rings (SSSR count). The number of esters is 2. The van der Waals surface area contributed by atoms with E-state index in [4.69, 9.17) is 9.47 Å². The van der Waals surface area contributed by atoms with E-state index in [-0.39, 0.29) is 17.9 Å². The zero-order valence-electron chi connectivity index (χ0n) is 17.4. The van der Waals surface area contributed by atoms with Gasteiger partial charge in [-0.25, -0.2) is 4.79 Å². The number of aliphatic hydroxyl groups is 2. The predicted molar refractivity (Wildman–Crippen MR) is 105 cm³/mol. The number of fused-ring (bicyclic) bond motifs is 1. The molecule has 2 N–H and O–H groups in total. The van der Waals surface area contributed by atoms with E-state index in [2.05, 4.69) is 19.6 Å². The molecule has 0 aromatic carbocycles. The summed E-state index contributed by atoms with van der Waals surface area (Å²) < 4.78 is 11.1. The van der Waals surface area contributed by atoms with Crippen LogP contribution in [0.3, 0.4) is 0 Å². The van der Waals surface area contributed by atoms with Crippen molar-refractivity contribution in [1.29, 1.82) is 0 Å². The van der Waals surface area contributed by atoms with Crippen molar-refractivity contribution in [2.75, 3.05) is 0 Å². The van der Waals surface area contributed by atoms with Gasteiger partial charge in [0, 0.05) is 18.4 Å². The van der Waals surface area contributed by atoms with Crippen LogP contribution < -0.4 is 0 Å². The van der Waals surface area contributed by atoms with Gasteiger partial charge in [-0.05, 0) is 58.3 Å². The zero-order valence-corrected chi connectivity index (χ0v) is 17.4. The first kappa shape index (κ1) is 22.6. The molecule has 6 heteroatoms. The van der Waals surface area contributed by atoms with E-state index < -0.39 is 41.8 Å². The van der Waals surface area contributed by atoms with Gasteiger partial charge in [-0.2, -0.15) is 0 Å². The molecule has 2 aliphatic rings. The van der Waals surface area contributed by atoms with Crippen molar-refractivity contribution in [2.24, 2.45) is 11.8 Å². The van der Waals surface area contributed by atoms with Gasteiger partial charge in [0.25, 0.3) is 0 Å². The second kappa shape index (κ2) is 9.23. The van der Waals surface area contributed by atoms with Crippen LogP contribution in [0.2, 0.25) is 0 Å². The molecule has 6 nitrogen and oxygen atoms in total. The van der Waals surface area contributed by atoms with E-state index in [1.807, 2.05) is 6.92 Å². The minimum absolute atomic E-state index is 0.0245. The number of rotatable bonds is 1. The largest absolute Gasteiger partial charge is 0.458 e. The van der Waals surface area contributed by atoms with Crippen molar-refractivity contribution in [3.05, 3.63) is 23.8 Å². The summed E-state index contributed by atoms with van der Waals surface area (Å²) in [5.41, 5.74) is 0.184. The quantitative estimate of drug-likeness (QED) is 0.403. The molecule has 1 aliphatic carbocycles. The highest BCUT2D eigenvalue weighted by Gasteiger charge is 2.48. The molecule has 0 aromatic rings. The topological polar surface area (TPSA) is 93.1 Å². The van der Waals surface area contributed by atoms with Crippen LogP contribution in [-0.2, 0) is 19.1 Å². The van der Waals surface area contributed by atoms with Crippen LogP contribution in [0.15, 0.2) is 23.8 Å². The zero-order chi connectivity index (χ0) is 21.1. The summed E-state index contributed by atoms with van der Waals surface area (Å²) in [7, 11) is 0. The molecule has 28 heavy (non-hydrogen) atoms. The number of allylic oxidation sites excluding steroid dienone is 2. The Morgan fingerprint density at radius 3 is 2.75 bits per heavy atom. The summed E-state index contributed by atoms with van der Waals surface area (Å²) >= 11 is 0. The smallest absolute Gasteiger partial charge is 0.334 e. The number of hydrogen-bond donors (Lipinski definition) is 2. The molecule has 1 aliphatic heterocycles. The van der Waals surface area contributed by atoms with Gasteiger partial charge in [0.2, 0.25) is 0 Å². The second-order valence-corrected chi connectivity index (χ2v) is 8.64. The predicted octanol–water partition coefficient (Wildman–Crippen LogP) is 3.06. The standard InChI is InChI=1S/C22H34O6/c1-13-8-6-10-14(2)19(27-16(4)23)20-17(15(3)21(25)28-20)12-18(24)22(5,26)11-7-9-13/h9,14,17-20,24,26H,3,6-8,10-12H2,1-2,4-5H3/b13-9+/t14-,17-,18-,19+,20+,22-/m0/s1. The third-order valence-corrected chi connectivity index (χ3v) is 6.11. The molecule has 0 radical (unpaired) electrons. The Kier molecular flexibility index (Phi) is 7.46. The Morgan fingerprint density at radius 1 is 1.43 bits per heavy atom. The highest BCUT2D eigenvalue weighted by Crippen LogP contribution is 2.38. The molecule has 0 saturated carbocycles. The molecular weight excluding hydrogens is 360 g/mol. The summed E-state index contributed by atoms with van der Waals surface area (Å²) in [6.45, 7) is 10.8. The molecule has 158 valence electrons. The molecular formula is C22H34O6. The van der Waals surface area contributed by atoms with Crippen LogP contribution in [-0.4, -0.2) is 46.1 Å². The number of hydrogen-bond acceptors (Lipinski definition) is 6. The first-order valence-electron chi connectivity index (χ1n) is 10.2. The van der Waals surface area contributed by atoms with Crippen LogP contribution in [0.1, 0.15) is 66.2 Å². The van der Waals surface area contributed by atoms with Crippen molar-refractivity contribution < 1.29 is 29.3 Å². The molecule has 1 fully saturated rings. The normalized spacial score (nSPS) is 39.9. The summed E-state index contributed by atoms with van der Waals surface area (Å²) in [4.78, 5) is 23.9. The molecule has 0 aromatic heterocycles. The fraction of sp³-hybridized carbons (Fsp3) is 0.727. The lowest BCUT2D eigenvalue weighted by Crippen LogP contribution is -2.45. The molecule has 0 bridgehead atoms. The van der Waals surface area contributed by atoms with E-state index in [0.717, 1.165) is 19.3 Å². The highest BCUT2D eigenvalue weighted by atomic mass is 16.6. The van der Waals surface area contributed by atoms with E-state index in [9.17, 15) is 19.8 Å².